The number of pyridine rings is 1. The van der Waals surface area contributed by atoms with Gasteiger partial charge in [0, 0.05) is 87.7 Å². The van der Waals surface area contributed by atoms with Crippen LogP contribution in [0.2, 0.25) is 0 Å². The number of likely N-dealkylation sites (N-methyl/N-ethyl adjacent to an activating group) is 1. The molecule has 3 saturated heterocycles. The molecule has 3 N–H and O–H groups in total. The lowest BCUT2D eigenvalue weighted by Gasteiger charge is -2.37. The number of aryl methyl sites for hydroxylation is 1. The maximum absolute atomic E-state index is 14.9. The number of phenolic OH excluding ortho intramolecular Hbond substituents is 1. The summed E-state index contributed by atoms with van der Waals surface area (Å²) in [5.41, 5.74) is 10.3. The van der Waals surface area contributed by atoms with Crippen LogP contribution in [-0.2, 0) is 57.5 Å². The normalized spacial score (nSPS) is 22.1. The molecule has 3 fully saturated rings. The van der Waals surface area contributed by atoms with Crippen LogP contribution in [0.5, 0.6) is 11.5 Å². The van der Waals surface area contributed by atoms with Gasteiger partial charge in [-0.25, -0.2) is 5.43 Å². The number of aromatic nitrogens is 2. The first-order valence-corrected chi connectivity index (χ1v) is 27.5. The molecule has 6 unspecified atom stereocenters. The molecule has 17 nitrogen and oxygen atoms in total. The molecule has 412 valence electrons. The Labute approximate surface area is 452 Å². The van der Waals surface area contributed by atoms with Gasteiger partial charge in [-0.3, -0.25) is 34.1 Å². The number of ether oxygens (including phenoxy) is 5. The maximum atomic E-state index is 14.9. The van der Waals surface area contributed by atoms with E-state index in [4.69, 9.17) is 28.7 Å². The minimum atomic E-state index is -1.17. The summed E-state index contributed by atoms with van der Waals surface area (Å²) < 4.78 is 32.5. The average Bonchev–Trinajstić information content (AvgIpc) is 4.08. The molecule has 6 atom stereocenters. The second kappa shape index (κ2) is 24.1. The number of nitrogens with one attached hydrogen (secondary N) is 2. The summed E-state index contributed by atoms with van der Waals surface area (Å²) in [7, 11) is 3.29. The van der Waals surface area contributed by atoms with Crippen molar-refractivity contribution < 1.29 is 48.0 Å². The first-order valence-electron chi connectivity index (χ1n) is 27.5. The molecular weight excluding hydrogens is 979 g/mol. The number of esters is 1. The Balaban J connectivity index is 1.10. The molecule has 0 aliphatic carbocycles. The van der Waals surface area contributed by atoms with Crippen molar-refractivity contribution in [2.45, 2.75) is 116 Å². The molecular formula is C60H77N7O10. The number of methoxy groups -OCH3 is 1. The molecule has 5 aromatic rings. The lowest BCUT2D eigenvalue weighted by molar-refractivity contribution is -0.155. The third kappa shape index (κ3) is 12.3. The number of phenols is 1. The topological polar surface area (TPSA) is 186 Å². The van der Waals surface area contributed by atoms with Gasteiger partial charge in [-0.2, -0.15) is 0 Å². The second-order valence-electron chi connectivity index (χ2n) is 22.2. The number of nitrogens with zero attached hydrogens (tertiary/aromatic N) is 5. The number of carbonyl (C=O) groups is 4. The molecule has 0 saturated carbocycles. The fourth-order valence-corrected chi connectivity index (χ4v) is 11.7. The first-order chi connectivity index (χ1) is 37.0. The Bertz CT molecular complexity index is 2920. The van der Waals surface area contributed by atoms with Gasteiger partial charge < -0.3 is 43.6 Å². The van der Waals surface area contributed by atoms with E-state index in [1.165, 1.54) is 9.91 Å². The van der Waals surface area contributed by atoms with Gasteiger partial charge in [-0.05, 0) is 104 Å². The van der Waals surface area contributed by atoms with E-state index in [1.54, 1.807) is 32.5 Å². The summed E-state index contributed by atoms with van der Waals surface area (Å²) >= 11 is 0. The van der Waals surface area contributed by atoms with Crippen LogP contribution in [0, 0.1) is 11.3 Å². The quantitative estimate of drug-likeness (QED) is 0.0949. The van der Waals surface area contributed by atoms with Gasteiger partial charge in [0.05, 0.1) is 43.5 Å². The van der Waals surface area contributed by atoms with Crippen LogP contribution in [0.4, 0.5) is 0 Å². The largest absolute Gasteiger partial charge is 0.508 e. The monoisotopic (exact) mass is 1060 g/mol. The number of hydrazine groups is 1. The van der Waals surface area contributed by atoms with Gasteiger partial charge in [0.1, 0.15) is 42.3 Å². The van der Waals surface area contributed by atoms with Crippen LogP contribution in [0.3, 0.4) is 0 Å². The van der Waals surface area contributed by atoms with Crippen LogP contribution in [0.1, 0.15) is 95.2 Å². The Morgan fingerprint density at radius 2 is 1.75 bits per heavy atom. The highest BCUT2D eigenvalue weighted by Crippen LogP contribution is 2.43. The number of hydrogen-bond acceptors (Lipinski definition) is 13. The van der Waals surface area contributed by atoms with Crippen LogP contribution in [-0.4, -0.2) is 151 Å². The number of cyclic esters (lactones) is 1. The standard InChI is InChI=1S/C60H77N7O10/c1-9-66-51-18-17-41-32-46(51)48(54(66)47-33-44(35-61-52(47)38(4)73-8)75-27-23-65-21-25-74-26-22-65)34-60(5,6)36-77-59(72)49-16-13-20-67(63-49)57(70)50(30-39-28-42(41)31-43(68)29-39)62-56(69)53(37(2)3)64(7)58(71)55-45(19-24-76-55)40-14-11-10-12-15-40/h10-12,14-15,17-18,28-29,31-33,35,37-38,45,49-50,53,55,63,68H,9,13,16,19-27,30,34,36H2,1-8H3,(H,62,69). The van der Waals surface area contributed by atoms with Crippen molar-refractivity contribution in [3.63, 3.8) is 0 Å². The van der Waals surface area contributed by atoms with Crippen molar-refractivity contribution >= 4 is 34.6 Å². The lowest BCUT2D eigenvalue weighted by atomic mass is 9.84. The number of carbonyl (C=O) groups excluding carboxylic acids is 4. The highest BCUT2D eigenvalue weighted by atomic mass is 16.5. The van der Waals surface area contributed by atoms with Crippen molar-refractivity contribution in [3.8, 4) is 33.9 Å². The molecule has 0 radical (unpaired) electrons. The zero-order chi connectivity index (χ0) is 54.5. The molecule has 2 aromatic heterocycles. The summed E-state index contributed by atoms with van der Waals surface area (Å²) in [6.45, 7) is 17.8. The third-order valence-electron chi connectivity index (χ3n) is 15.7. The second-order valence-corrected chi connectivity index (χ2v) is 22.2. The Hall–Kier alpha value is -6.37. The van der Waals surface area contributed by atoms with Crippen molar-refractivity contribution in [1.82, 2.24) is 35.1 Å². The molecule has 6 heterocycles. The Morgan fingerprint density at radius 3 is 2.49 bits per heavy atom. The molecule has 17 heteroatoms. The third-order valence-corrected chi connectivity index (χ3v) is 15.7. The predicted octanol–water partition coefficient (Wildman–Crippen LogP) is 7.22. The van der Waals surface area contributed by atoms with Gasteiger partial charge in [-0.15, -0.1) is 0 Å². The Morgan fingerprint density at radius 1 is 0.974 bits per heavy atom. The minimum Gasteiger partial charge on any atom is -0.508 e. The maximum Gasteiger partial charge on any atom is 0.324 e. The number of morpholine rings is 1. The minimum absolute atomic E-state index is 0.0127. The molecule has 4 aliphatic heterocycles. The molecule has 77 heavy (non-hydrogen) atoms. The number of amides is 3. The fraction of sp³-hybridized carbons (Fsp3) is 0.517. The zero-order valence-corrected chi connectivity index (χ0v) is 46.0. The van der Waals surface area contributed by atoms with E-state index >= 15 is 0 Å². The molecule has 0 spiro atoms. The Kier molecular flexibility index (Phi) is 17.3. The summed E-state index contributed by atoms with van der Waals surface area (Å²) in [5, 5.41) is 17.0. The van der Waals surface area contributed by atoms with Crippen LogP contribution >= 0.6 is 0 Å². The zero-order valence-electron chi connectivity index (χ0n) is 46.0. The molecule has 9 rings (SSSR count). The molecule has 3 amide bonds. The van der Waals surface area contributed by atoms with Gasteiger partial charge in [0.15, 0.2) is 0 Å². The van der Waals surface area contributed by atoms with Gasteiger partial charge in [0.2, 0.25) is 5.91 Å². The van der Waals surface area contributed by atoms with E-state index < -0.39 is 47.4 Å². The van der Waals surface area contributed by atoms with E-state index in [2.05, 4.69) is 59.2 Å². The summed E-state index contributed by atoms with van der Waals surface area (Å²) in [4.78, 5) is 67.0. The number of benzene rings is 3. The molecule has 6 bridgehead atoms. The number of fused-ring (bicyclic) bond motifs is 6. The average molecular weight is 1060 g/mol. The van der Waals surface area contributed by atoms with E-state index in [-0.39, 0.29) is 49.2 Å². The first kappa shape index (κ1) is 55.4. The van der Waals surface area contributed by atoms with Crippen molar-refractivity contribution in [2.75, 3.05) is 73.4 Å². The van der Waals surface area contributed by atoms with Crippen LogP contribution in [0.25, 0.3) is 33.3 Å². The summed E-state index contributed by atoms with van der Waals surface area (Å²) in [5.74, 6) is -1.69. The van der Waals surface area contributed by atoms with Crippen molar-refractivity contribution in [1.29, 1.82) is 0 Å². The fourth-order valence-electron chi connectivity index (χ4n) is 11.7. The van der Waals surface area contributed by atoms with Gasteiger partial charge >= 0.3 is 5.97 Å². The number of aromatic hydroxyl groups is 1. The van der Waals surface area contributed by atoms with Crippen LogP contribution in [0.15, 0.2) is 79.0 Å². The smallest absolute Gasteiger partial charge is 0.324 e. The van der Waals surface area contributed by atoms with Crippen molar-refractivity contribution in [2.24, 2.45) is 11.3 Å². The van der Waals surface area contributed by atoms with Crippen LogP contribution < -0.4 is 15.5 Å². The number of rotatable bonds is 14. The van der Waals surface area contributed by atoms with Crippen molar-refractivity contribution in [3.05, 3.63) is 101 Å². The van der Waals surface area contributed by atoms with E-state index in [9.17, 15) is 24.3 Å². The predicted molar refractivity (Wildman–Crippen MR) is 293 cm³/mol. The SMILES string of the molecule is CCn1c(-c2cc(OCCN3CCOCC3)cnc2C(C)OC)c2c3cc(ccc31)-c1cc(O)cc(c1)CC(NC(=O)C(C(C)C)N(C)C(=O)C1OCCC1c1ccccc1)C(=O)N1CCCC(N1)C(=O)OCC(C)(C)C2. The van der Waals surface area contributed by atoms with Gasteiger partial charge in [-0.1, -0.05) is 70.2 Å². The highest BCUT2D eigenvalue weighted by molar-refractivity contribution is 5.96. The van der Waals surface area contributed by atoms with Gasteiger partial charge in [0.25, 0.3) is 11.8 Å². The van der Waals surface area contributed by atoms with E-state index in [0.717, 1.165) is 64.2 Å². The molecule has 3 aromatic carbocycles. The highest BCUT2D eigenvalue weighted by Gasteiger charge is 2.42. The lowest BCUT2D eigenvalue weighted by Crippen LogP contribution is -2.62. The summed E-state index contributed by atoms with van der Waals surface area (Å²) in [6.07, 6.45) is 2.71. The summed E-state index contributed by atoms with van der Waals surface area (Å²) in [6, 6.07) is 20.4. The van der Waals surface area contributed by atoms with E-state index in [0.29, 0.717) is 75.5 Å². The number of hydrogen-bond donors (Lipinski definition) is 3. The molecule has 4 aliphatic rings. The van der Waals surface area contributed by atoms with E-state index in [1.807, 2.05) is 63.2 Å².